The minimum Gasteiger partial charge on any atom is -0.479 e. The zero-order chi connectivity index (χ0) is 15.0. The van der Waals surface area contributed by atoms with Crippen LogP contribution < -0.4 is 0 Å². The van der Waals surface area contributed by atoms with E-state index in [-0.39, 0.29) is 11.9 Å². The zero-order valence-corrected chi connectivity index (χ0v) is 13.1. The number of nitrogens with zero attached hydrogens (tertiary/aromatic N) is 4. The topological polar surface area (TPSA) is 78.1 Å². The Morgan fingerprint density at radius 3 is 3.05 bits per heavy atom. The third-order valence-electron chi connectivity index (χ3n) is 3.57. The van der Waals surface area contributed by atoms with Gasteiger partial charge in [-0.1, -0.05) is 0 Å². The molecule has 0 spiro atoms. The summed E-state index contributed by atoms with van der Waals surface area (Å²) in [4.78, 5) is 17.2. The summed E-state index contributed by atoms with van der Waals surface area (Å²) in [5, 5.41) is 16.9. The summed E-state index contributed by atoms with van der Waals surface area (Å²) in [5.74, 6) is -0.954. The number of carbonyl (C=O) groups is 1. The average molecular weight is 402 g/mol. The Morgan fingerprint density at radius 1 is 1.57 bits per heavy atom. The Labute approximate surface area is 133 Å². The Morgan fingerprint density at radius 2 is 2.38 bits per heavy atom. The van der Waals surface area contributed by atoms with Crippen molar-refractivity contribution in [3.05, 3.63) is 41.7 Å². The van der Waals surface area contributed by atoms with E-state index in [0.29, 0.717) is 18.1 Å². The fourth-order valence-corrected chi connectivity index (χ4v) is 2.95. The van der Waals surface area contributed by atoms with Crippen LogP contribution in [0, 0.1) is 5.82 Å². The first-order valence-electron chi connectivity index (χ1n) is 6.46. The van der Waals surface area contributed by atoms with Gasteiger partial charge < -0.3 is 10.0 Å². The highest BCUT2D eigenvalue weighted by atomic mass is 127. The second-order valence-corrected chi connectivity index (χ2v) is 6.55. The van der Waals surface area contributed by atoms with Gasteiger partial charge in [-0.2, -0.15) is 5.11 Å². The zero-order valence-electron chi connectivity index (χ0n) is 10.9. The van der Waals surface area contributed by atoms with Crippen molar-refractivity contribution >= 4 is 28.6 Å². The molecule has 0 radical (unpaired) electrons. The minimum atomic E-state index is -1.37. The average Bonchev–Trinajstić information content (AvgIpc) is 3.06. The predicted octanol–water partition coefficient (Wildman–Crippen LogP) is 2.88. The van der Waals surface area contributed by atoms with Crippen LogP contribution in [-0.2, 0) is 4.79 Å². The van der Waals surface area contributed by atoms with Gasteiger partial charge in [0.15, 0.2) is 5.82 Å². The Kier molecular flexibility index (Phi) is 3.64. The molecule has 0 bridgehead atoms. The van der Waals surface area contributed by atoms with Crippen molar-refractivity contribution in [2.45, 2.75) is 22.4 Å². The summed E-state index contributed by atoms with van der Waals surface area (Å²) in [5.41, 5.74) is 0.368. The molecule has 0 aliphatic carbocycles. The third kappa shape index (κ3) is 2.52. The lowest BCUT2D eigenvalue weighted by Gasteiger charge is -2.25. The van der Waals surface area contributed by atoms with Crippen LogP contribution in [0.4, 0.5) is 4.39 Å². The van der Waals surface area contributed by atoms with Crippen LogP contribution in [0.2, 0.25) is 0 Å². The summed E-state index contributed by atoms with van der Waals surface area (Å²) < 4.78 is 12.6. The van der Waals surface area contributed by atoms with Gasteiger partial charge in [0.25, 0.3) is 0 Å². The van der Waals surface area contributed by atoms with Gasteiger partial charge in [0.05, 0.1) is 11.7 Å². The van der Waals surface area contributed by atoms with Crippen LogP contribution in [0.5, 0.6) is 0 Å². The van der Waals surface area contributed by atoms with E-state index in [1.54, 1.807) is 34.9 Å². The molecule has 1 aromatic heterocycles. The van der Waals surface area contributed by atoms with Crippen molar-refractivity contribution in [3.8, 4) is 0 Å². The highest BCUT2D eigenvalue weighted by molar-refractivity contribution is 14.1. The lowest BCUT2D eigenvalue weighted by molar-refractivity contribution is -0.137. The Balaban J connectivity index is 1.92. The first-order chi connectivity index (χ1) is 10.0. The highest BCUT2D eigenvalue weighted by Crippen LogP contribution is 2.40. The van der Waals surface area contributed by atoms with Gasteiger partial charge >= 0.3 is 5.97 Å². The van der Waals surface area contributed by atoms with Crippen LogP contribution in [0.1, 0.15) is 24.6 Å². The summed E-state index contributed by atoms with van der Waals surface area (Å²) in [6.45, 7) is 0.678. The van der Waals surface area contributed by atoms with E-state index >= 15 is 0 Å². The molecule has 3 heterocycles. The molecule has 6 nitrogen and oxygen atoms in total. The van der Waals surface area contributed by atoms with Crippen LogP contribution in [-0.4, -0.2) is 31.1 Å². The maximum atomic E-state index is 13.9. The number of likely N-dealkylation sites (tertiary alicyclic amines) is 1. The van der Waals surface area contributed by atoms with Crippen molar-refractivity contribution in [1.82, 2.24) is 9.88 Å². The van der Waals surface area contributed by atoms with Crippen LogP contribution >= 0.6 is 22.6 Å². The van der Waals surface area contributed by atoms with Crippen molar-refractivity contribution in [2.75, 3.05) is 6.54 Å². The lowest BCUT2D eigenvalue weighted by Crippen LogP contribution is -2.27. The maximum absolute atomic E-state index is 13.9. The second kappa shape index (κ2) is 5.32. The molecule has 2 atom stereocenters. The molecule has 21 heavy (non-hydrogen) atoms. The molecule has 2 aliphatic rings. The summed E-state index contributed by atoms with van der Waals surface area (Å²) in [6.07, 6.45) is 4.67. The number of aromatic nitrogens is 1. The van der Waals surface area contributed by atoms with E-state index in [9.17, 15) is 9.18 Å². The van der Waals surface area contributed by atoms with Gasteiger partial charge in [-0.25, -0.2) is 9.18 Å². The van der Waals surface area contributed by atoms with Crippen molar-refractivity contribution in [3.63, 3.8) is 0 Å². The fraction of sp³-hybridized carbons (Fsp3) is 0.385. The number of carboxylic acid groups (broad SMARTS) is 1. The van der Waals surface area contributed by atoms with E-state index in [1.165, 1.54) is 12.1 Å². The Bertz CT molecular complexity index is 651. The van der Waals surface area contributed by atoms with Gasteiger partial charge in [0.1, 0.15) is 5.82 Å². The number of carboxylic acids is 1. The predicted molar refractivity (Wildman–Crippen MR) is 80.2 cm³/mol. The maximum Gasteiger partial charge on any atom is 0.348 e. The molecule has 1 N–H and O–H groups in total. The first-order valence-corrected chi connectivity index (χ1v) is 7.54. The minimum absolute atomic E-state index is 0.232. The van der Waals surface area contributed by atoms with Gasteiger partial charge in [-0.05, 0) is 47.6 Å². The van der Waals surface area contributed by atoms with Gasteiger partial charge in [0.2, 0.25) is 3.55 Å². The van der Waals surface area contributed by atoms with E-state index in [4.69, 9.17) is 5.11 Å². The number of hydrogen-bond acceptors (Lipinski definition) is 5. The number of hydrogen-bond donors (Lipinski definition) is 1. The first kappa shape index (κ1) is 14.4. The van der Waals surface area contributed by atoms with Crippen LogP contribution in [0.3, 0.4) is 0 Å². The second-order valence-electron chi connectivity index (χ2n) is 4.90. The van der Waals surface area contributed by atoms with Gasteiger partial charge in [-0.15, -0.1) is 5.11 Å². The monoisotopic (exact) mass is 402 g/mol. The summed E-state index contributed by atoms with van der Waals surface area (Å²) in [7, 11) is 0. The normalized spacial score (nSPS) is 28.0. The van der Waals surface area contributed by atoms with E-state index in [0.717, 1.165) is 12.8 Å². The SMILES string of the molecule is O=C(O)[C@]1(I)C=C(N2CCCC2c2ncccc2F)N=N1. The number of azo groups is 1. The lowest BCUT2D eigenvalue weighted by atomic mass is 10.1. The molecule has 0 saturated carbocycles. The molecule has 110 valence electrons. The van der Waals surface area contributed by atoms with Crippen LogP contribution in [0.25, 0.3) is 0 Å². The largest absolute Gasteiger partial charge is 0.479 e. The smallest absolute Gasteiger partial charge is 0.348 e. The van der Waals surface area contributed by atoms with Crippen molar-refractivity contribution in [2.24, 2.45) is 10.2 Å². The fourth-order valence-electron chi connectivity index (χ4n) is 2.57. The molecule has 1 aromatic rings. The van der Waals surface area contributed by atoms with E-state index < -0.39 is 9.51 Å². The van der Waals surface area contributed by atoms with Crippen molar-refractivity contribution < 1.29 is 14.3 Å². The molecule has 8 heteroatoms. The molecule has 2 aliphatic heterocycles. The standard InChI is InChI=1S/C13H12FIN4O2/c14-8-3-1-5-16-11(8)9-4-2-6-19(9)10-7-13(15,12(20)21)18-17-10/h1,3,5,7,9H,2,4,6H2,(H,20,21)/t9?,13-/m0/s1. The summed E-state index contributed by atoms with van der Waals surface area (Å²) in [6, 6.07) is 2.69. The molecule has 1 saturated heterocycles. The number of pyridine rings is 1. The van der Waals surface area contributed by atoms with Crippen molar-refractivity contribution in [1.29, 1.82) is 0 Å². The highest BCUT2D eigenvalue weighted by Gasteiger charge is 2.41. The molecule has 0 amide bonds. The molecule has 0 aromatic carbocycles. The Hall–Kier alpha value is -1.58. The molecular formula is C13H12FIN4O2. The van der Waals surface area contributed by atoms with Crippen LogP contribution in [0.15, 0.2) is 40.5 Å². The van der Waals surface area contributed by atoms with Gasteiger partial charge in [-0.3, -0.25) is 4.98 Å². The number of aliphatic carboxylic acids is 1. The molecule has 1 unspecified atom stereocenters. The number of halogens is 2. The number of rotatable bonds is 3. The molecule has 3 rings (SSSR count). The van der Waals surface area contributed by atoms with E-state index in [1.807, 2.05) is 4.90 Å². The number of alkyl halides is 1. The molecular weight excluding hydrogens is 390 g/mol. The third-order valence-corrected chi connectivity index (χ3v) is 4.56. The molecule has 1 fully saturated rings. The van der Waals surface area contributed by atoms with Gasteiger partial charge in [0, 0.05) is 18.8 Å². The van der Waals surface area contributed by atoms with E-state index in [2.05, 4.69) is 15.2 Å². The quantitative estimate of drug-likeness (QED) is 0.479. The summed E-state index contributed by atoms with van der Waals surface area (Å²) >= 11 is 1.73.